The fraction of sp³-hybridized carbons (Fsp3) is 0.240. The van der Waals surface area contributed by atoms with Crippen LogP contribution in [-0.2, 0) is 26.9 Å². The Morgan fingerprint density at radius 2 is 1.82 bits per heavy atom. The van der Waals surface area contributed by atoms with Gasteiger partial charge in [-0.3, -0.25) is 14.7 Å². The third kappa shape index (κ3) is 6.00. The van der Waals surface area contributed by atoms with Crippen molar-refractivity contribution in [3.8, 4) is 0 Å². The summed E-state index contributed by atoms with van der Waals surface area (Å²) in [5.74, 6) is -0.275. The second-order valence-corrected chi connectivity index (χ2v) is 11.6. The van der Waals surface area contributed by atoms with Crippen LogP contribution in [0.25, 0.3) is 10.2 Å². The number of aryl methyl sites for hydroxylation is 1. The number of sulfone groups is 1. The highest BCUT2D eigenvalue weighted by Gasteiger charge is 2.22. The van der Waals surface area contributed by atoms with Gasteiger partial charge in [0, 0.05) is 18.8 Å². The molecule has 9 heteroatoms. The van der Waals surface area contributed by atoms with Crippen molar-refractivity contribution in [1.82, 2.24) is 9.97 Å². The molecule has 4 rings (SSSR count). The van der Waals surface area contributed by atoms with Crippen LogP contribution in [0.5, 0.6) is 0 Å². The number of thiazole rings is 1. The number of nitrogens with zero attached hydrogens (tertiary/aromatic N) is 3. The molecule has 0 bridgehead atoms. The van der Waals surface area contributed by atoms with Gasteiger partial charge >= 0.3 is 0 Å². The van der Waals surface area contributed by atoms with Crippen LogP contribution in [0, 0.1) is 6.92 Å². The molecule has 0 aliphatic heterocycles. The molecule has 0 atom stereocenters. The lowest BCUT2D eigenvalue weighted by molar-refractivity contribution is -0.118. The van der Waals surface area contributed by atoms with Crippen molar-refractivity contribution >= 4 is 54.0 Å². The smallest absolute Gasteiger partial charge is 0.229 e. The lowest BCUT2D eigenvalue weighted by atomic mass is 10.2. The number of rotatable bonds is 9. The summed E-state index contributed by atoms with van der Waals surface area (Å²) < 4.78 is 25.9. The van der Waals surface area contributed by atoms with Crippen LogP contribution >= 0.6 is 22.9 Å². The maximum absolute atomic E-state index is 13.3. The van der Waals surface area contributed by atoms with Crippen molar-refractivity contribution in [2.75, 3.05) is 10.7 Å². The summed E-state index contributed by atoms with van der Waals surface area (Å²) in [4.78, 5) is 23.7. The first-order chi connectivity index (χ1) is 16.3. The number of carbonyl (C=O) groups excluding carboxylic acids is 1. The number of hydrogen-bond acceptors (Lipinski definition) is 6. The van der Waals surface area contributed by atoms with Gasteiger partial charge < -0.3 is 0 Å². The van der Waals surface area contributed by atoms with Gasteiger partial charge in [-0.2, -0.15) is 0 Å². The van der Waals surface area contributed by atoms with E-state index in [1.807, 2.05) is 49.4 Å². The standard InChI is InChI=1S/C25H24ClN3O3S2/c1-18-11-12-21(26)24-23(18)28-25(33-24)29(16-20-9-5-13-27-15-20)22(30)10-6-14-34(31,32)17-19-7-3-2-4-8-19/h2-5,7-9,11-13,15H,6,10,14,16-17H2,1H3. The largest absolute Gasteiger partial charge is 0.284 e. The molecule has 2 aromatic heterocycles. The minimum Gasteiger partial charge on any atom is -0.284 e. The normalized spacial score (nSPS) is 11.6. The van der Waals surface area contributed by atoms with Crippen molar-refractivity contribution in [2.24, 2.45) is 0 Å². The average molecular weight is 514 g/mol. The zero-order valence-corrected chi connectivity index (χ0v) is 21.0. The van der Waals surface area contributed by atoms with Gasteiger partial charge in [-0.15, -0.1) is 0 Å². The van der Waals surface area contributed by atoms with E-state index in [0.29, 0.717) is 16.7 Å². The number of fused-ring (bicyclic) bond motifs is 1. The summed E-state index contributed by atoms with van der Waals surface area (Å²) in [5.41, 5.74) is 3.34. The van der Waals surface area contributed by atoms with Crippen LogP contribution in [0.2, 0.25) is 5.02 Å². The maximum Gasteiger partial charge on any atom is 0.229 e. The molecule has 2 aromatic carbocycles. The van der Waals surface area contributed by atoms with Crippen LogP contribution in [0.4, 0.5) is 5.13 Å². The molecule has 0 unspecified atom stereocenters. The molecule has 0 aliphatic carbocycles. The van der Waals surface area contributed by atoms with Gasteiger partial charge in [0.15, 0.2) is 15.0 Å². The fourth-order valence-corrected chi connectivity index (χ4v) is 6.38. The van der Waals surface area contributed by atoms with E-state index in [-0.39, 0.29) is 30.3 Å². The Bertz CT molecular complexity index is 1350. The number of anilines is 1. The predicted octanol–water partition coefficient (Wildman–Crippen LogP) is 5.58. The van der Waals surface area contributed by atoms with Crippen molar-refractivity contribution < 1.29 is 13.2 Å². The van der Waals surface area contributed by atoms with Crippen LogP contribution in [0.3, 0.4) is 0 Å². The lowest BCUT2D eigenvalue weighted by Crippen LogP contribution is -2.30. The van der Waals surface area contributed by atoms with Crippen molar-refractivity contribution in [1.29, 1.82) is 0 Å². The minimum atomic E-state index is -3.32. The Hall–Kier alpha value is -2.81. The molecule has 0 saturated carbocycles. The number of carbonyl (C=O) groups is 1. The molecule has 0 N–H and O–H groups in total. The number of amides is 1. The third-order valence-electron chi connectivity index (χ3n) is 5.36. The third-order valence-corrected chi connectivity index (χ3v) is 8.58. The highest BCUT2D eigenvalue weighted by molar-refractivity contribution is 7.90. The summed E-state index contributed by atoms with van der Waals surface area (Å²) in [5, 5.41) is 1.12. The van der Waals surface area contributed by atoms with Crippen molar-refractivity contribution in [3.05, 3.63) is 88.7 Å². The van der Waals surface area contributed by atoms with E-state index in [9.17, 15) is 13.2 Å². The minimum absolute atomic E-state index is 0.0307. The first kappa shape index (κ1) is 24.3. The van der Waals surface area contributed by atoms with Crippen molar-refractivity contribution in [3.63, 3.8) is 0 Å². The van der Waals surface area contributed by atoms with E-state index in [2.05, 4.69) is 4.98 Å². The highest BCUT2D eigenvalue weighted by atomic mass is 35.5. The number of benzene rings is 2. The van der Waals surface area contributed by atoms with E-state index < -0.39 is 9.84 Å². The van der Waals surface area contributed by atoms with E-state index in [4.69, 9.17) is 16.6 Å². The molecule has 0 aliphatic rings. The van der Waals surface area contributed by atoms with E-state index in [1.54, 1.807) is 29.4 Å². The zero-order valence-electron chi connectivity index (χ0n) is 18.6. The van der Waals surface area contributed by atoms with E-state index in [0.717, 1.165) is 26.9 Å². The number of pyridine rings is 1. The topological polar surface area (TPSA) is 80.2 Å². The Morgan fingerprint density at radius 3 is 2.53 bits per heavy atom. The van der Waals surface area contributed by atoms with Gasteiger partial charge in [0.1, 0.15) is 0 Å². The molecule has 2 heterocycles. The van der Waals surface area contributed by atoms with Gasteiger partial charge in [0.05, 0.1) is 33.3 Å². The first-order valence-electron chi connectivity index (χ1n) is 10.8. The average Bonchev–Trinajstić information content (AvgIpc) is 3.27. The van der Waals surface area contributed by atoms with Gasteiger partial charge in [-0.25, -0.2) is 13.4 Å². The summed E-state index contributed by atoms with van der Waals surface area (Å²) >= 11 is 7.74. The van der Waals surface area contributed by atoms with Gasteiger partial charge in [-0.1, -0.05) is 65.4 Å². The number of halogens is 1. The molecule has 176 valence electrons. The molecular weight excluding hydrogens is 490 g/mol. The highest BCUT2D eigenvalue weighted by Crippen LogP contribution is 2.36. The SMILES string of the molecule is Cc1ccc(Cl)c2sc(N(Cc3cccnc3)C(=O)CCCS(=O)(=O)Cc3ccccc3)nc12. The van der Waals surface area contributed by atoms with Gasteiger partial charge in [-0.05, 0) is 42.2 Å². The lowest BCUT2D eigenvalue weighted by Gasteiger charge is -2.20. The van der Waals surface area contributed by atoms with Crippen LogP contribution in [-0.4, -0.2) is 30.0 Å². The van der Waals surface area contributed by atoms with Gasteiger partial charge in [0.2, 0.25) is 5.91 Å². The Labute approximate surface area is 208 Å². The number of aromatic nitrogens is 2. The summed E-state index contributed by atoms with van der Waals surface area (Å²) in [6.07, 6.45) is 3.71. The number of hydrogen-bond donors (Lipinski definition) is 0. The van der Waals surface area contributed by atoms with E-state index in [1.165, 1.54) is 11.3 Å². The molecule has 34 heavy (non-hydrogen) atoms. The maximum atomic E-state index is 13.3. The Balaban J connectivity index is 1.52. The Morgan fingerprint density at radius 1 is 1.06 bits per heavy atom. The molecule has 0 saturated heterocycles. The van der Waals surface area contributed by atoms with E-state index >= 15 is 0 Å². The van der Waals surface area contributed by atoms with Crippen molar-refractivity contribution in [2.45, 2.75) is 32.1 Å². The molecule has 0 radical (unpaired) electrons. The van der Waals surface area contributed by atoms with Crippen LogP contribution < -0.4 is 4.90 Å². The summed E-state index contributed by atoms with van der Waals surface area (Å²) in [6, 6.07) is 16.5. The van der Waals surface area contributed by atoms with Crippen LogP contribution in [0.15, 0.2) is 67.0 Å². The molecule has 1 amide bonds. The van der Waals surface area contributed by atoms with Gasteiger partial charge in [0.25, 0.3) is 0 Å². The second-order valence-electron chi connectivity index (χ2n) is 8.06. The first-order valence-corrected chi connectivity index (χ1v) is 13.8. The predicted molar refractivity (Wildman–Crippen MR) is 138 cm³/mol. The second kappa shape index (κ2) is 10.6. The molecule has 4 aromatic rings. The quantitative estimate of drug-likeness (QED) is 0.292. The Kier molecular flexibility index (Phi) is 7.60. The fourth-order valence-electron chi connectivity index (χ4n) is 3.62. The zero-order chi connectivity index (χ0) is 24.1. The molecular formula is C25H24ClN3O3S2. The molecule has 0 fully saturated rings. The monoisotopic (exact) mass is 513 g/mol. The van der Waals surface area contributed by atoms with Crippen LogP contribution in [0.1, 0.15) is 29.5 Å². The molecule has 6 nitrogen and oxygen atoms in total. The molecule has 0 spiro atoms. The summed E-state index contributed by atoms with van der Waals surface area (Å²) in [6.45, 7) is 2.24. The summed E-state index contributed by atoms with van der Waals surface area (Å²) in [7, 11) is -3.32.